The summed E-state index contributed by atoms with van der Waals surface area (Å²) in [7, 11) is 0. The van der Waals surface area contributed by atoms with Gasteiger partial charge in [-0.15, -0.1) is 0 Å². The molecule has 0 heterocycles. The molecule has 0 atom stereocenters. The molecule has 2 aromatic rings. The summed E-state index contributed by atoms with van der Waals surface area (Å²) < 4.78 is 38.8. The summed E-state index contributed by atoms with van der Waals surface area (Å²) in [6.45, 7) is 1.80. The molecule has 0 aliphatic rings. The first-order valence-corrected chi connectivity index (χ1v) is 7.43. The Morgan fingerprint density at radius 1 is 1.04 bits per heavy atom. The van der Waals surface area contributed by atoms with Gasteiger partial charge in [-0.3, -0.25) is 4.79 Å². The number of alkyl halides is 3. The molecule has 0 bridgehead atoms. The predicted molar refractivity (Wildman–Crippen MR) is 88.9 cm³/mol. The highest BCUT2D eigenvalue weighted by atomic mass is 35.5. The van der Waals surface area contributed by atoms with Crippen molar-refractivity contribution in [1.29, 1.82) is 0 Å². The number of carbonyl (C=O) groups is 1. The number of hydrogen-bond donors (Lipinski definition) is 2. The number of nitrogens with two attached hydrogens (primary N) is 1. The number of nitrogen functional groups attached to an aromatic ring is 1. The van der Waals surface area contributed by atoms with Crippen LogP contribution in [0.5, 0.6) is 0 Å². The SMILES string of the molecule is CC(C)(NC(=O)c1cc(N)cc(-c2ccc(Cl)cc2)c1)C(F)(F)F. The van der Waals surface area contributed by atoms with E-state index >= 15 is 0 Å². The van der Waals surface area contributed by atoms with Gasteiger partial charge in [0.2, 0.25) is 0 Å². The molecule has 1 amide bonds. The highest BCUT2D eigenvalue weighted by Crippen LogP contribution is 2.30. The molecule has 128 valence electrons. The van der Waals surface area contributed by atoms with Crippen molar-refractivity contribution in [1.82, 2.24) is 5.32 Å². The van der Waals surface area contributed by atoms with E-state index in [1.54, 1.807) is 30.3 Å². The second-order valence-electron chi connectivity index (χ2n) is 5.93. The van der Waals surface area contributed by atoms with Crippen molar-refractivity contribution in [3.05, 3.63) is 53.1 Å². The number of carbonyl (C=O) groups excluding carboxylic acids is 1. The Morgan fingerprint density at radius 3 is 2.17 bits per heavy atom. The van der Waals surface area contributed by atoms with E-state index in [-0.39, 0.29) is 11.3 Å². The maximum atomic E-state index is 12.9. The van der Waals surface area contributed by atoms with Crippen LogP contribution >= 0.6 is 11.6 Å². The van der Waals surface area contributed by atoms with E-state index in [4.69, 9.17) is 17.3 Å². The van der Waals surface area contributed by atoms with Crippen LogP contribution in [0.1, 0.15) is 24.2 Å². The van der Waals surface area contributed by atoms with Crippen molar-refractivity contribution in [2.24, 2.45) is 0 Å². The summed E-state index contributed by atoms with van der Waals surface area (Å²) >= 11 is 5.83. The minimum absolute atomic E-state index is 0.0530. The van der Waals surface area contributed by atoms with Gasteiger partial charge in [-0.1, -0.05) is 23.7 Å². The Balaban J connectivity index is 2.35. The second kappa shape index (κ2) is 6.36. The topological polar surface area (TPSA) is 55.1 Å². The monoisotopic (exact) mass is 356 g/mol. The van der Waals surface area contributed by atoms with Crippen molar-refractivity contribution < 1.29 is 18.0 Å². The molecular formula is C17H16ClF3N2O. The highest BCUT2D eigenvalue weighted by molar-refractivity contribution is 6.30. The Labute approximate surface area is 142 Å². The number of amides is 1. The van der Waals surface area contributed by atoms with Gasteiger partial charge in [0, 0.05) is 16.3 Å². The molecule has 2 aromatic carbocycles. The lowest BCUT2D eigenvalue weighted by Gasteiger charge is -2.29. The normalized spacial score (nSPS) is 12.1. The van der Waals surface area contributed by atoms with Crippen LogP contribution in [0.3, 0.4) is 0 Å². The zero-order valence-electron chi connectivity index (χ0n) is 13.0. The van der Waals surface area contributed by atoms with Gasteiger partial charge in [-0.25, -0.2) is 0 Å². The number of benzene rings is 2. The van der Waals surface area contributed by atoms with Gasteiger partial charge in [-0.2, -0.15) is 13.2 Å². The van der Waals surface area contributed by atoms with Gasteiger partial charge in [0.1, 0.15) is 5.54 Å². The minimum Gasteiger partial charge on any atom is -0.399 e. The van der Waals surface area contributed by atoms with Crippen LogP contribution in [0, 0.1) is 0 Å². The molecule has 0 saturated heterocycles. The zero-order valence-corrected chi connectivity index (χ0v) is 13.8. The van der Waals surface area contributed by atoms with Crippen molar-refractivity contribution in [2.45, 2.75) is 25.6 Å². The molecular weight excluding hydrogens is 341 g/mol. The van der Waals surface area contributed by atoms with Crippen LogP contribution in [0.15, 0.2) is 42.5 Å². The molecule has 0 fully saturated rings. The quantitative estimate of drug-likeness (QED) is 0.786. The second-order valence-corrected chi connectivity index (χ2v) is 6.36. The summed E-state index contributed by atoms with van der Waals surface area (Å²) in [5, 5.41) is 2.54. The molecule has 24 heavy (non-hydrogen) atoms. The first kappa shape index (κ1) is 18.1. The van der Waals surface area contributed by atoms with Crippen LogP contribution in [-0.4, -0.2) is 17.6 Å². The van der Waals surface area contributed by atoms with E-state index in [0.29, 0.717) is 10.6 Å². The van der Waals surface area contributed by atoms with Crippen LogP contribution in [-0.2, 0) is 0 Å². The van der Waals surface area contributed by atoms with Gasteiger partial charge in [0.05, 0.1) is 0 Å². The third-order valence-electron chi connectivity index (χ3n) is 3.53. The van der Waals surface area contributed by atoms with Crippen molar-refractivity contribution in [3.63, 3.8) is 0 Å². The maximum Gasteiger partial charge on any atom is 0.410 e. The maximum absolute atomic E-state index is 12.9. The first-order chi connectivity index (χ1) is 11.0. The standard InChI is InChI=1S/C17H16ClF3N2O/c1-16(2,17(19,20)21)23-15(24)12-7-11(8-14(22)9-12)10-3-5-13(18)6-4-10/h3-9H,22H2,1-2H3,(H,23,24). The number of halogens is 4. The summed E-state index contributed by atoms with van der Waals surface area (Å²) in [5.74, 6) is -0.847. The summed E-state index contributed by atoms with van der Waals surface area (Å²) in [6.07, 6.45) is -4.57. The fraction of sp³-hybridized carbons (Fsp3) is 0.235. The Morgan fingerprint density at radius 2 is 1.62 bits per heavy atom. The van der Waals surface area contributed by atoms with Gasteiger partial charge in [0.25, 0.3) is 5.91 Å². The fourth-order valence-electron chi connectivity index (χ4n) is 2.02. The van der Waals surface area contributed by atoms with E-state index < -0.39 is 17.6 Å². The third kappa shape index (κ3) is 4.00. The molecule has 3 nitrogen and oxygen atoms in total. The average Bonchev–Trinajstić information content (AvgIpc) is 2.45. The molecule has 0 spiro atoms. The minimum atomic E-state index is -4.57. The van der Waals surface area contributed by atoms with Crippen LogP contribution in [0.2, 0.25) is 5.02 Å². The van der Waals surface area contributed by atoms with Gasteiger partial charge in [-0.05, 0) is 55.3 Å². The lowest BCUT2D eigenvalue weighted by Crippen LogP contribution is -2.54. The first-order valence-electron chi connectivity index (χ1n) is 7.05. The number of hydrogen-bond acceptors (Lipinski definition) is 2. The van der Waals surface area contributed by atoms with Gasteiger partial charge >= 0.3 is 6.18 Å². The molecule has 0 aliphatic heterocycles. The lowest BCUT2D eigenvalue weighted by molar-refractivity contribution is -0.182. The largest absolute Gasteiger partial charge is 0.410 e. The van der Waals surface area contributed by atoms with E-state index in [1.165, 1.54) is 12.1 Å². The molecule has 0 saturated carbocycles. The van der Waals surface area contributed by atoms with E-state index in [0.717, 1.165) is 19.4 Å². The Kier molecular flexibility index (Phi) is 4.80. The Hall–Kier alpha value is -2.21. The molecule has 3 N–H and O–H groups in total. The predicted octanol–water partition coefficient (Wildman–Crippen LogP) is 4.66. The van der Waals surface area contributed by atoms with Crippen molar-refractivity contribution in [2.75, 3.05) is 5.73 Å². The van der Waals surface area contributed by atoms with Crippen LogP contribution in [0.25, 0.3) is 11.1 Å². The third-order valence-corrected chi connectivity index (χ3v) is 3.78. The number of anilines is 1. The van der Waals surface area contributed by atoms with Crippen LogP contribution in [0.4, 0.5) is 18.9 Å². The number of nitrogens with one attached hydrogen (secondary N) is 1. The van der Waals surface area contributed by atoms with E-state index in [9.17, 15) is 18.0 Å². The Bertz CT molecular complexity index is 755. The van der Waals surface area contributed by atoms with Gasteiger partial charge in [0.15, 0.2) is 0 Å². The molecule has 0 unspecified atom stereocenters. The van der Waals surface area contributed by atoms with Gasteiger partial charge < -0.3 is 11.1 Å². The lowest BCUT2D eigenvalue weighted by atomic mass is 10.00. The molecule has 0 aliphatic carbocycles. The van der Waals surface area contributed by atoms with Crippen LogP contribution < -0.4 is 11.1 Å². The molecule has 0 aromatic heterocycles. The molecule has 7 heteroatoms. The van der Waals surface area contributed by atoms with Crippen molar-refractivity contribution >= 4 is 23.2 Å². The smallest absolute Gasteiger partial charge is 0.399 e. The average molecular weight is 357 g/mol. The summed E-state index contributed by atoms with van der Waals surface area (Å²) in [6, 6.07) is 11.3. The molecule has 2 rings (SSSR count). The fourth-order valence-corrected chi connectivity index (χ4v) is 2.14. The highest BCUT2D eigenvalue weighted by Gasteiger charge is 2.48. The van der Waals surface area contributed by atoms with E-state index in [1.807, 2.05) is 5.32 Å². The van der Waals surface area contributed by atoms with E-state index in [2.05, 4.69) is 0 Å². The zero-order chi connectivity index (χ0) is 18.1. The van der Waals surface area contributed by atoms with Crippen molar-refractivity contribution in [3.8, 4) is 11.1 Å². The number of rotatable bonds is 3. The molecule has 0 radical (unpaired) electrons. The summed E-state index contributed by atoms with van der Waals surface area (Å²) in [4.78, 5) is 12.2. The summed E-state index contributed by atoms with van der Waals surface area (Å²) in [5.41, 5.74) is 5.12.